The number of fused-ring (bicyclic) bond motifs is 2. The second-order valence-corrected chi connectivity index (χ2v) is 7.31. The minimum absolute atomic E-state index is 0. The molecule has 1 saturated carbocycles. The van der Waals surface area contributed by atoms with Gasteiger partial charge in [-0.25, -0.2) is 0 Å². The number of esters is 1. The van der Waals surface area contributed by atoms with Crippen LogP contribution in [0.3, 0.4) is 0 Å². The van der Waals surface area contributed by atoms with Gasteiger partial charge in [0.05, 0.1) is 12.5 Å². The molecule has 0 amide bonds. The fourth-order valence-corrected chi connectivity index (χ4v) is 5.56. The standard InChI is InChI=1S/C20H25NO2.ClH/c1-4-20-12-18-14(19(22)23-5-2)11-16(20)17(21(18)3)10-13-8-6-7-9-15(13)20;/h4,6-9,14,16-18H,1,5,10-12H2,2-3H3;1H. The van der Waals surface area contributed by atoms with Gasteiger partial charge in [-0.2, -0.15) is 0 Å². The second kappa shape index (κ2) is 6.20. The summed E-state index contributed by atoms with van der Waals surface area (Å²) in [6, 6.07) is 9.57. The van der Waals surface area contributed by atoms with Crippen LogP contribution in [0.4, 0.5) is 0 Å². The molecule has 3 nitrogen and oxygen atoms in total. The average molecular weight is 348 g/mol. The van der Waals surface area contributed by atoms with Gasteiger partial charge >= 0.3 is 5.97 Å². The third-order valence-electron chi connectivity index (χ3n) is 6.59. The summed E-state index contributed by atoms with van der Waals surface area (Å²) >= 11 is 0. The van der Waals surface area contributed by atoms with E-state index in [1.54, 1.807) is 0 Å². The van der Waals surface area contributed by atoms with E-state index in [2.05, 4.69) is 48.9 Å². The molecule has 2 heterocycles. The van der Waals surface area contributed by atoms with Crippen molar-refractivity contribution in [2.75, 3.05) is 13.7 Å². The molecule has 2 aliphatic heterocycles. The lowest BCUT2D eigenvalue weighted by atomic mass is 9.49. The summed E-state index contributed by atoms with van der Waals surface area (Å²) in [6.45, 7) is 6.57. The molecule has 5 unspecified atom stereocenters. The molecule has 0 radical (unpaired) electrons. The first-order valence-corrected chi connectivity index (χ1v) is 8.73. The Morgan fingerprint density at radius 1 is 1.42 bits per heavy atom. The summed E-state index contributed by atoms with van der Waals surface area (Å²) in [7, 11) is 2.19. The number of benzene rings is 1. The molecule has 0 N–H and O–H groups in total. The first kappa shape index (κ1) is 17.5. The van der Waals surface area contributed by atoms with Crippen LogP contribution in [0.15, 0.2) is 36.9 Å². The van der Waals surface area contributed by atoms with Crippen molar-refractivity contribution in [3.05, 3.63) is 48.0 Å². The Labute approximate surface area is 150 Å². The Bertz CT molecular complexity index is 661. The van der Waals surface area contributed by atoms with Crippen molar-refractivity contribution in [3.8, 4) is 0 Å². The van der Waals surface area contributed by atoms with E-state index < -0.39 is 0 Å². The Morgan fingerprint density at radius 3 is 2.88 bits per heavy atom. The van der Waals surface area contributed by atoms with Crippen LogP contribution in [0.5, 0.6) is 0 Å². The van der Waals surface area contributed by atoms with Gasteiger partial charge in [-0.1, -0.05) is 30.3 Å². The molecular weight excluding hydrogens is 322 g/mol. The van der Waals surface area contributed by atoms with Crippen LogP contribution in [0.25, 0.3) is 0 Å². The first-order chi connectivity index (χ1) is 11.1. The van der Waals surface area contributed by atoms with E-state index in [4.69, 9.17) is 4.74 Å². The van der Waals surface area contributed by atoms with Gasteiger partial charge < -0.3 is 4.74 Å². The van der Waals surface area contributed by atoms with E-state index >= 15 is 0 Å². The van der Waals surface area contributed by atoms with Gasteiger partial charge in [0.15, 0.2) is 0 Å². The summed E-state index contributed by atoms with van der Waals surface area (Å²) in [4.78, 5) is 14.9. The second-order valence-electron chi connectivity index (χ2n) is 7.31. The van der Waals surface area contributed by atoms with Crippen molar-refractivity contribution in [1.29, 1.82) is 0 Å². The van der Waals surface area contributed by atoms with Gasteiger partial charge in [-0.15, -0.1) is 19.0 Å². The molecule has 130 valence electrons. The molecule has 4 aliphatic rings. The van der Waals surface area contributed by atoms with Crippen molar-refractivity contribution in [1.82, 2.24) is 4.90 Å². The molecule has 2 aliphatic carbocycles. The molecule has 24 heavy (non-hydrogen) atoms. The third-order valence-corrected chi connectivity index (χ3v) is 6.59. The fourth-order valence-electron chi connectivity index (χ4n) is 5.56. The number of ether oxygens (including phenoxy) is 1. The average Bonchev–Trinajstić information content (AvgIpc) is 2.58. The number of likely N-dealkylation sites (N-methyl/N-ethyl adjacent to an activating group) is 1. The summed E-state index contributed by atoms with van der Waals surface area (Å²) in [5.41, 5.74) is 2.92. The smallest absolute Gasteiger partial charge is 0.310 e. The monoisotopic (exact) mass is 347 g/mol. The molecule has 1 aromatic rings. The fraction of sp³-hybridized carbons (Fsp3) is 0.550. The highest BCUT2D eigenvalue weighted by Crippen LogP contribution is 2.58. The van der Waals surface area contributed by atoms with Gasteiger partial charge in [-0.3, -0.25) is 9.69 Å². The van der Waals surface area contributed by atoms with E-state index in [-0.39, 0.29) is 35.8 Å². The van der Waals surface area contributed by atoms with Gasteiger partial charge in [0, 0.05) is 17.5 Å². The van der Waals surface area contributed by atoms with Crippen LogP contribution in [0, 0.1) is 11.8 Å². The molecule has 5 atom stereocenters. The zero-order valence-electron chi connectivity index (χ0n) is 14.4. The van der Waals surface area contributed by atoms with Crippen LogP contribution < -0.4 is 0 Å². The predicted octanol–water partition coefficient (Wildman–Crippen LogP) is 3.36. The summed E-state index contributed by atoms with van der Waals surface area (Å²) < 4.78 is 5.35. The number of hydrogen-bond donors (Lipinski definition) is 0. The number of rotatable bonds is 3. The molecule has 0 aromatic heterocycles. The lowest BCUT2D eigenvalue weighted by Crippen LogP contribution is -2.69. The van der Waals surface area contributed by atoms with Crippen molar-refractivity contribution < 1.29 is 9.53 Å². The molecule has 2 saturated heterocycles. The number of piperidine rings is 2. The lowest BCUT2D eigenvalue weighted by Gasteiger charge is -2.63. The summed E-state index contributed by atoms with van der Waals surface area (Å²) in [5, 5.41) is 0. The van der Waals surface area contributed by atoms with Crippen LogP contribution in [-0.4, -0.2) is 36.6 Å². The maximum Gasteiger partial charge on any atom is 0.310 e. The van der Waals surface area contributed by atoms with E-state index in [1.807, 2.05) is 6.92 Å². The minimum Gasteiger partial charge on any atom is -0.466 e. The number of carbonyl (C=O) groups is 1. The topological polar surface area (TPSA) is 29.5 Å². The lowest BCUT2D eigenvalue weighted by molar-refractivity contribution is -0.162. The molecule has 1 aromatic carbocycles. The van der Waals surface area contributed by atoms with Gasteiger partial charge in [-0.05, 0) is 50.3 Å². The Hall–Kier alpha value is -1.32. The van der Waals surface area contributed by atoms with E-state index in [0.29, 0.717) is 18.6 Å². The van der Waals surface area contributed by atoms with Crippen molar-refractivity contribution in [2.45, 2.75) is 43.7 Å². The molecule has 3 fully saturated rings. The normalized spacial score (nSPS) is 36.4. The van der Waals surface area contributed by atoms with Crippen LogP contribution in [-0.2, 0) is 21.4 Å². The van der Waals surface area contributed by atoms with Crippen molar-refractivity contribution in [2.24, 2.45) is 11.8 Å². The molecule has 0 spiro atoms. The van der Waals surface area contributed by atoms with Gasteiger partial charge in [0.1, 0.15) is 0 Å². The zero-order valence-corrected chi connectivity index (χ0v) is 15.2. The van der Waals surface area contributed by atoms with E-state index in [9.17, 15) is 4.79 Å². The predicted molar refractivity (Wildman–Crippen MR) is 97.5 cm³/mol. The quantitative estimate of drug-likeness (QED) is 0.620. The summed E-state index contributed by atoms with van der Waals surface area (Å²) in [6.07, 6.45) is 5.16. The van der Waals surface area contributed by atoms with Crippen LogP contribution in [0.1, 0.15) is 30.9 Å². The Balaban J connectivity index is 0.00000169. The molecular formula is C20H26ClNO2. The maximum atomic E-state index is 12.4. The first-order valence-electron chi connectivity index (χ1n) is 8.73. The largest absolute Gasteiger partial charge is 0.466 e. The van der Waals surface area contributed by atoms with Crippen LogP contribution in [0.2, 0.25) is 0 Å². The van der Waals surface area contributed by atoms with Crippen molar-refractivity contribution in [3.63, 3.8) is 0 Å². The summed E-state index contributed by atoms with van der Waals surface area (Å²) in [5.74, 6) is 0.457. The number of hydrogen-bond acceptors (Lipinski definition) is 3. The third kappa shape index (κ3) is 2.18. The highest BCUT2D eigenvalue weighted by molar-refractivity contribution is 5.85. The van der Waals surface area contributed by atoms with Crippen molar-refractivity contribution >= 4 is 18.4 Å². The highest BCUT2D eigenvalue weighted by atomic mass is 35.5. The number of halogens is 1. The minimum atomic E-state index is -0.0145. The number of nitrogens with zero attached hydrogens (tertiary/aromatic N) is 1. The van der Waals surface area contributed by atoms with E-state index in [0.717, 1.165) is 19.3 Å². The molecule has 4 bridgehead atoms. The molecule has 5 rings (SSSR count). The Kier molecular flexibility index (Phi) is 4.52. The number of allylic oxidation sites excluding steroid dienone is 1. The zero-order chi connectivity index (χ0) is 16.2. The molecule has 4 heteroatoms. The van der Waals surface area contributed by atoms with Gasteiger partial charge in [0.2, 0.25) is 0 Å². The Morgan fingerprint density at radius 2 is 2.17 bits per heavy atom. The number of carbonyl (C=O) groups excluding carboxylic acids is 1. The maximum absolute atomic E-state index is 12.4. The highest BCUT2D eigenvalue weighted by Gasteiger charge is 2.61. The van der Waals surface area contributed by atoms with Gasteiger partial charge in [0.25, 0.3) is 0 Å². The van der Waals surface area contributed by atoms with E-state index in [1.165, 1.54) is 11.1 Å². The van der Waals surface area contributed by atoms with Crippen LogP contribution >= 0.6 is 12.4 Å². The SMILES string of the molecule is C=CC12CC3C(C(=O)OCC)CC1C(Cc1ccccc12)N3C.Cl.